The molecule has 7 nitrogen and oxygen atoms in total. The molecule has 0 bridgehead atoms. The number of rotatable bonds is 2. The van der Waals surface area contributed by atoms with Gasteiger partial charge in [0.1, 0.15) is 6.61 Å². The second kappa shape index (κ2) is 7.84. The molecule has 3 saturated heterocycles. The largest absolute Gasteiger partial charge is 0.366 e. The van der Waals surface area contributed by atoms with E-state index in [1.54, 1.807) is 0 Å². The van der Waals surface area contributed by atoms with Gasteiger partial charge in [-0.15, -0.1) is 0 Å². The van der Waals surface area contributed by atoms with E-state index in [1.807, 2.05) is 22.2 Å². The van der Waals surface area contributed by atoms with Crippen molar-refractivity contribution in [3.05, 3.63) is 29.6 Å². The molecule has 3 fully saturated rings. The molecule has 1 N–H and O–H groups in total. The van der Waals surface area contributed by atoms with E-state index in [-0.39, 0.29) is 30.7 Å². The number of amides is 3. The highest BCUT2D eigenvalue weighted by molar-refractivity contribution is 5.79. The minimum Gasteiger partial charge on any atom is -0.366 e. The van der Waals surface area contributed by atoms with E-state index in [2.05, 4.69) is 23.3 Å². The molecule has 0 saturated carbocycles. The SMILES string of the molecule is CCc1cncc(C2CCN(C(=O)N3CCC4OCC(=O)N[C@@H]4C3)CC2)c1. The van der Waals surface area contributed by atoms with E-state index in [4.69, 9.17) is 4.74 Å². The topological polar surface area (TPSA) is 74.8 Å². The van der Waals surface area contributed by atoms with Crippen LogP contribution in [0.2, 0.25) is 0 Å². The van der Waals surface area contributed by atoms with Crippen molar-refractivity contribution in [3.63, 3.8) is 0 Å². The van der Waals surface area contributed by atoms with Crippen LogP contribution in [0.1, 0.15) is 43.2 Å². The van der Waals surface area contributed by atoms with Crippen LogP contribution >= 0.6 is 0 Å². The molecule has 0 spiro atoms. The summed E-state index contributed by atoms with van der Waals surface area (Å²) in [6.07, 6.45) is 7.66. The molecule has 27 heavy (non-hydrogen) atoms. The molecule has 0 radical (unpaired) electrons. The molecule has 1 unspecified atom stereocenters. The van der Waals surface area contributed by atoms with Crippen molar-refractivity contribution >= 4 is 11.9 Å². The Kier molecular flexibility index (Phi) is 5.29. The Bertz CT molecular complexity index is 702. The molecule has 7 heteroatoms. The van der Waals surface area contributed by atoms with Gasteiger partial charge in [-0.1, -0.05) is 13.0 Å². The Balaban J connectivity index is 1.32. The first-order chi connectivity index (χ1) is 13.1. The van der Waals surface area contributed by atoms with Crippen LogP contribution in [-0.2, 0) is 16.0 Å². The number of fused-ring (bicyclic) bond motifs is 1. The summed E-state index contributed by atoms with van der Waals surface area (Å²) in [7, 11) is 0. The first kappa shape index (κ1) is 18.2. The van der Waals surface area contributed by atoms with Crippen LogP contribution in [0.5, 0.6) is 0 Å². The van der Waals surface area contributed by atoms with Crippen LogP contribution in [0.4, 0.5) is 4.79 Å². The first-order valence-electron chi connectivity index (χ1n) is 10.0. The number of carbonyl (C=O) groups excluding carboxylic acids is 2. The average Bonchev–Trinajstić information content (AvgIpc) is 2.73. The number of carbonyl (C=O) groups is 2. The number of aromatic nitrogens is 1. The Morgan fingerprint density at radius 3 is 2.78 bits per heavy atom. The summed E-state index contributed by atoms with van der Waals surface area (Å²) >= 11 is 0. The van der Waals surface area contributed by atoms with Gasteiger partial charge in [0.2, 0.25) is 5.91 Å². The number of aryl methyl sites for hydroxylation is 1. The highest BCUT2D eigenvalue weighted by Gasteiger charge is 2.38. The van der Waals surface area contributed by atoms with Gasteiger partial charge in [0.05, 0.1) is 12.1 Å². The number of likely N-dealkylation sites (tertiary alicyclic amines) is 2. The third-order valence-corrected chi connectivity index (χ3v) is 6.06. The number of piperidine rings is 2. The number of hydrogen-bond donors (Lipinski definition) is 1. The standard InChI is InChI=1S/C20H28N4O3/c1-2-14-9-16(11-21-10-14)15-3-6-23(7-4-15)20(26)24-8-5-18-17(12-24)22-19(25)13-27-18/h9-11,15,17-18H,2-8,12-13H2,1H3,(H,22,25)/t17-,18?/m1/s1. The highest BCUT2D eigenvalue weighted by Crippen LogP contribution is 2.29. The molecule has 0 aliphatic carbocycles. The number of ether oxygens (including phenoxy) is 1. The van der Waals surface area contributed by atoms with E-state index < -0.39 is 0 Å². The van der Waals surface area contributed by atoms with E-state index >= 15 is 0 Å². The minimum absolute atomic E-state index is 0.0378. The van der Waals surface area contributed by atoms with Crippen molar-refractivity contribution in [1.29, 1.82) is 0 Å². The van der Waals surface area contributed by atoms with E-state index in [0.29, 0.717) is 19.0 Å². The van der Waals surface area contributed by atoms with Gasteiger partial charge in [-0.05, 0) is 42.7 Å². The van der Waals surface area contributed by atoms with Gasteiger partial charge in [0, 0.05) is 38.6 Å². The van der Waals surface area contributed by atoms with Crippen molar-refractivity contribution in [2.45, 2.75) is 50.7 Å². The van der Waals surface area contributed by atoms with Crippen molar-refractivity contribution < 1.29 is 14.3 Å². The van der Waals surface area contributed by atoms with Crippen LogP contribution in [0.25, 0.3) is 0 Å². The maximum absolute atomic E-state index is 12.9. The summed E-state index contributed by atoms with van der Waals surface area (Å²) in [5, 5.41) is 2.96. The second-order valence-corrected chi connectivity index (χ2v) is 7.78. The molecular formula is C20H28N4O3. The molecule has 3 amide bonds. The Morgan fingerprint density at radius 2 is 2.00 bits per heavy atom. The van der Waals surface area contributed by atoms with Gasteiger partial charge in [-0.25, -0.2) is 4.79 Å². The fourth-order valence-electron chi connectivity index (χ4n) is 4.40. The van der Waals surface area contributed by atoms with Crippen molar-refractivity contribution in [2.24, 2.45) is 0 Å². The lowest BCUT2D eigenvalue weighted by atomic mass is 9.89. The molecule has 4 heterocycles. The van der Waals surface area contributed by atoms with E-state index in [9.17, 15) is 9.59 Å². The molecule has 0 aromatic carbocycles. The highest BCUT2D eigenvalue weighted by atomic mass is 16.5. The maximum Gasteiger partial charge on any atom is 0.320 e. The third-order valence-electron chi connectivity index (χ3n) is 6.06. The number of morpholine rings is 1. The van der Waals surface area contributed by atoms with Crippen LogP contribution < -0.4 is 5.32 Å². The third kappa shape index (κ3) is 3.93. The molecule has 3 aliphatic rings. The Labute approximate surface area is 160 Å². The number of nitrogens with zero attached hydrogens (tertiary/aromatic N) is 3. The van der Waals surface area contributed by atoms with E-state index in [0.717, 1.165) is 38.8 Å². The lowest BCUT2D eigenvalue weighted by Crippen LogP contribution is -2.62. The van der Waals surface area contributed by atoms with Gasteiger partial charge < -0.3 is 19.9 Å². The van der Waals surface area contributed by atoms with Crippen molar-refractivity contribution in [2.75, 3.05) is 32.8 Å². The minimum atomic E-state index is -0.0886. The number of pyridine rings is 1. The van der Waals surface area contributed by atoms with Crippen molar-refractivity contribution in [3.8, 4) is 0 Å². The van der Waals surface area contributed by atoms with Gasteiger partial charge >= 0.3 is 6.03 Å². The molecule has 1 aromatic rings. The molecule has 4 rings (SSSR count). The zero-order valence-electron chi connectivity index (χ0n) is 15.9. The summed E-state index contributed by atoms with van der Waals surface area (Å²) < 4.78 is 5.58. The number of hydrogen-bond acceptors (Lipinski definition) is 4. The smallest absolute Gasteiger partial charge is 0.320 e. The van der Waals surface area contributed by atoms with Crippen LogP contribution in [0, 0.1) is 0 Å². The monoisotopic (exact) mass is 372 g/mol. The number of nitrogens with one attached hydrogen (secondary N) is 1. The maximum atomic E-state index is 12.9. The Morgan fingerprint density at radius 1 is 1.22 bits per heavy atom. The molecular weight excluding hydrogens is 344 g/mol. The quantitative estimate of drug-likeness (QED) is 0.854. The van der Waals surface area contributed by atoms with Gasteiger partial charge in [0.25, 0.3) is 0 Å². The summed E-state index contributed by atoms with van der Waals surface area (Å²) in [6.45, 7) is 5.05. The van der Waals surface area contributed by atoms with Gasteiger partial charge in [-0.3, -0.25) is 9.78 Å². The van der Waals surface area contributed by atoms with E-state index in [1.165, 1.54) is 11.1 Å². The van der Waals surface area contributed by atoms with Crippen LogP contribution in [0.3, 0.4) is 0 Å². The lowest BCUT2D eigenvalue weighted by molar-refractivity contribution is -0.139. The van der Waals surface area contributed by atoms with Gasteiger partial charge in [-0.2, -0.15) is 0 Å². The molecule has 3 aliphatic heterocycles. The summed E-state index contributed by atoms with van der Waals surface area (Å²) in [4.78, 5) is 32.7. The summed E-state index contributed by atoms with van der Waals surface area (Å²) in [5.41, 5.74) is 2.56. The fraction of sp³-hybridized carbons (Fsp3) is 0.650. The summed E-state index contributed by atoms with van der Waals surface area (Å²) in [6, 6.07) is 2.27. The molecule has 1 aromatic heterocycles. The van der Waals surface area contributed by atoms with Crippen molar-refractivity contribution in [1.82, 2.24) is 20.1 Å². The molecule has 146 valence electrons. The normalized spacial score (nSPS) is 26.5. The predicted octanol–water partition coefficient (Wildman–Crippen LogP) is 1.53. The lowest BCUT2D eigenvalue weighted by Gasteiger charge is -2.43. The van der Waals surface area contributed by atoms with Crippen LogP contribution in [-0.4, -0.2) is 71.7 Å². The fourth-order valence-corrected chi connectivity index (χ4v) is 4.40. The predicted molar refractivity (Wildman–Crippen MR) is 100 cm³/mol. The second-order valence-electron chi connectivity index (χ2n) is 7.78. The Hall–Kier alpha value is -2.15. The van der Waals surface area contributed by atoms with Gasteiger partial charge in [0.15, 0.2) is 0 Å². The number of urea groups is 1. The zero-order chi connectivity index (χ0) is 18.8. The zero-order valence-corrected chi connectivity index (χ0v) is 15.9. The molecule has 2 atom stereocenters. The van der Waals surface area contributed by atoms with Crippen LogP contribution in [0.15, 0.2) is 18.5 Å². The summed E-state index contributed by atoms with van der Waals surface area (Å²) in [5.74, 6) is 0.388. The first-order valence-corrected chi connectivity index (χ1v) is 10.0. The average molecular weight is 372 g/mol.